The maximum atomic E-state index is 12.6. The number of ether oxygens (including phenoxy) is 1. The third-order valence-electron chi connectivity index (χ3n) is 4.65. The van der Waals surface area contributed by atoms with Crippen LogP contribution in [0.5, 0.6) is 5.75 Å². The lowest BCUT2D eigenvalue weighted by molar-refractivity contribution is 0.0940. The van der Waals surface area contributed by atoms with E-state index in [4.69, 9.17) is 4.74 Å². The minimum atomic E-state index is -0.230. The van der Waals surface area contributed by atoms with Crippen molar-refractivity contribution >= 4 is 11.8 Å². The molecule has 3 rings (SSSR count). The fourth-order valence-corrected chi connectivity index (χ4v) is 2.93. The van der Waals surface area contributed by atoms with Crippen LogP contribution in [0.4, 0.5) is 0 Å². The molecular weight excluding hydrogens is 364 g/mol. The molecule has 0 aliphatic carbocycles. The van der Waals surface area contributed by atoms with Gasteiger partial charge in [-0.2, -0.15) is 0 Å². The Hall–Kier alpha value is -3.60. The number of carbonyl (C=O) groups is 2. The van der Waals surface area contributed by atoms with E-state index < -0.39 is 0 Å². The first-order valence-corrected chi connectivity index (χ1v) is 9.44. The van der Waals surface area contributed by atoms with Crippen molar-refractivity contribution in [3.05, 3.63) is 101 Å². The molecule has 0 saturated carbocycles. The Labute approximate surface area is 170 Å². The summed E-state index contributed by atoms with van der Waals surface area (Å²) >= 11 is 0. The third-order valence-corrected chi connectivity index (χ3v) is 4.65. The van der Waals surface area contributed by atoms with Gasteiger partial charge in [0.15, 0.2) is 0 Å². The minimum Gasteiger partial charge on any atom is -0.497 e. The summed E-state index contributed by atoms with van der Waals surface area (Å²) in [6.07, 6.45) is 0. The fourth-order valence-electron chi connectivity index (χ4n) is 2.93. The van der Waals surface area contributed by atoms with E-state index in [1.54, 1.807) is 31.4 Å². The first kappa shape index (κ1) is 20.1. The maximum Gasteiger partial charge on any atom is 0.251 e. The molecule has 148 valence electrons. The highest BCUT2D eigenvalue weighted by atomic mass is 16.5. The number of carbonyl (C=O) groups excluding carboxylic acids is 2. The second-order valence-corrected chi connectivity index (χ2v) is 6.72. The first-order valence-electron chi connectivity index (χ1n) is 9.44. The predicted molar refractivity (Wildman–Crippen MR) is 113 cm³/mol. The zero-order chi connectivity index (χ0) is 20.6. The van der Waals surface area contributed by atoms with Crippen LogP contribution in [0.1, 0.15) is 44.8 Å². The molecule has 0 spiro atoms. The lowest BCUT2D eigenvalue weighted by Crippen LogP contribution is -2.27. The molecule has 0 radical (unpaired) electrons. The summed E-state index contributed by atoms with van der Waals surface area (Å²) in [5.41, 5.74) is 2.88. The molecule has 0 heterocycles. The van der Waals surface area contributed by atoms with Crippen LogP contribution >= 0.6 is 0 Å². The number of benzene rings is 3. The van der Waals surface area contributed by atoms with Crippen LogP contribution in [0.2, 0.25) is 0 Å². The smallest absolute Gasteiger partial charge is 0.251 e. The first-order chi connectivity index (χ1) is 14.1. The summed E-state index contributed by atoms with van der Waals surface area (Å²) in [4.78, 5) is 25.1. The standard InChI is InChI=1S/C24H24N2O3/c1-17(19-7-4-3-5-8-19)26-24(28)21-10-6-9-20(15-21)23(27)25-16-18-11-13-22(29-2)14-12-18/h3-15,17H,16H2,1-2H3,(H,25,27)(H,26,28). The molecule has 2 amide bonds. The van der Waals surface area contributed by atoms with Crippen molar-refractivity contribution in [3.8, 4) is 5.75 Å². The highest BCUT2D eigenvalue weighted by Crippen LogP contribution is 2.14. The van der Waals surface area contributed by atoms with Crippen LogP contribution in [0.15, 0.2) is 78.9 Å². The summed E-state index contributed by atoms with van der Waals surface area (Å²) in [6.45, 7) is 2.32. The van der Waals surface area contributed by atoms with Crippen LogP contribution in [-0.4, -0.2) is 18.9 Å². The van der Waals surface area contributed by atoms with Gasteiger partial charge in [0.1, 0.15) is 5.75 Å². The molecule has 0 saturated heterocycles. The molecule has 3 aromatic rings. The Morgan fingerprint density at radius 3 is 2.17 bits per heavy atom. The van der Waals surface area contributed by atoms with Crippen LogP contribution in [0.25, 0.3) is 0 Å². The monoisotopic (exact) mass is 388 g/mol. The Morgan fingerprint density at radius 2 is 1.52 bits per heavy atom. The largest absolute Gasteiger partial charge is 0.497 e. The van der Waals surface area contributed by atoms with Crippen molar-refractivity contribution in [2.24, 2.45) is 0 Å². The van der Waals surface area contributed by atoms with E-state index in [0.29, 0.717) is 17.7 Å². The zero-order valence-electron chi connectivity index (χ0n) is 16.5. The Kier molecular flexibility index (Phi) is 6.63. The Bertz CT molecular complexity index is 969. The summed E-state index contributed by atoms with van der Waals surface area (Å²) in [5.74, 6) is 0.321. The number of methoxy groups -OCH3 is 1. The quantitative estimate of drug-likeness (QED) is 0.640. The topological polar surface area (TPSA) is 67.4 Å². The lowest BCUT2D eigenvalue weighted by Gasteiger charge is -2.14. The average Bonchev–Trinajstić information content (AvgIpc) is 2.78. The predicted octanol–water partition coefficient (Wildman–Crippen LogP) is 4.12. The minimum absolute atomic E-state index is 0.128. The number of nitrogens with one attached hydrogen (secondary N) is 2. The van der Waals surface area contributed by atoms with E-state index in [-0.39, 0.29) is 17.9 Å². The van der Waals surface area contributed by atoms with Crippen molar-refractivity contribution in [2.45, 2.75) is 19.5 Å². The summed E-state index contributed by atoms with van der Waals surface area (Å²) < 4.78 is 5.13. The van der Waals surface area contributed by atoms with Crippen LogP contribution < -0.4 is 15.4 Å². The molecule has 1 unspecified atom stereocenters. The van der Waals surface area contributed by atoms with E-state index in [2.05, 4.69) is 10.6 Å². The van der Waals surface area contributed by atoms with Crippen LogP contribution in [-0.2, 0) is 6.54 Å². The lowest BCUT2D eigenvalue weighted by atomic mass is 10.1. The van der Waals surface area contributed by atoms with E-state index >= 15 is 0 Å². The molecular formula is C24H24N2O3. The number of amides is 2. The number of hydrogen-bond acceptors (Lipinski definition) is 3. The van der Waals surface area contributed by atoms with Gasteiger partial charge in [0.2, 0.25) is 0 Å². The van der Waals surface area contributed by atoms with Gasteiger partial charge in [0, 0.05) is 17.7 Å². The molecule has 29 heavy (non-hydrogen) atoms. The summed E-state index contributed by atoms with van der Waals surface area (Å²) in [6, 6.07) is 23.8. The summed E-state index contributed by atoms with van der Waals surface area (Å²) in [7, 11) is 1.61. The molecule has 0 fully saturated rings. The Morgan fingerprint density at radius 1 is 0.862 bits per heavy atom. The van der Waals surface area contributed by atoms with Gasteiger partial charge in [-0.05, 0) is 48.4 Å². The van der Waals surface area contributed by atoms with E-state index in [1.807, 2.05) is 61.5 Å². The van der Waals surface area contributed by atoms with Gasteiger partial charge in [-0.3, -0.25) is 9.59 Å². The summed E-state index contributed by atoms with van der Waals surface area (Å²) in [5, 5.41) is 5.84. The van der Waals surface area contributed by atoms with Gasteiger partial charge in [0.05, 0.1) is 13.2 Å². The number of rotatable bonds is 7. The SMILES string of the molecule is COc1ccc(CNC(=O)c2cccc(C(=O)NC(C)c3ccccc3)c2)cc1. The van der Waals surface area contributed by atoms with Gasteiger partial charge < -0.3 is 15.4 Å². The maximum absolute atomic E-state index is 12.6. The molecule has 0 aliphatic heterocycles. The van der Waals surface area contributed by atoms with Crippen LogP contribution in [0.3, 0.4) is 0 Å². The molecule has 5 heteroatoms. The highest BCUT2D eigenvalue weighted by Gasteiger charge is 2.13. The van der Waals surface area contributed by atoms with Gasteiger partial charge in [0.25, 0.3) is 11.8 Å². The van der Waals surface area contributed by atoms with E-state index in [1.165, 1.54) is 0 Å². The van der Waals surface area contributed by atoms with Crippen molar-refractivity contribution in [1.82, 2.24) is 10.6 Å². The van der Waals surface area contributed by atoms with Gasteiger partial charge in [-0.1, -0.05) is 48.5 Å². The molecule has 1 atom stereocenters. The van der Waals surface area contributed by atoms with Crippen molar-refractivity contribution in [1.29, 1.82) is 0 Å². The number of hydrogen-bond donors (Lipinski definition) is 2. The molecule has 0 aromatic heterocycles. The van der Waals surface area contributed by atoms with E-state index in [0.717, 1.165) is 16.9 Å². The molecule has 2 N–H and O–H groups in total. The van der Waals surface area contributed by atoms with Gasteiger partial charge >= 0.3 is 0 Å². The average molecular weight is 388 g/mol. The van der Waals surface area contributed by atoms with Crippen molar-refractivity contribution < 1.29 is 14.3 Å². The van der Waals surface area contributed by atoms with Gasteiger partial charge in [-0.25, -0.2) is 0 Å². The molecule has 5 nitrogen and oxygen atoms in total. The third kappa shape index (κ3) is 5.45. The normalized spacial score (nSPS) is 11.4. The van der Waals surface area contributed by atoms with Gasteiger partial charge in [-0.15, -0.1) is 0 Å². The highest BCUT2D eigenvalue weighted by molar-refractivity contribution is 5.99. The molecule has 3 aromatic carbocycles. The zero-order valence-corrected chi connectivity index (χ0v) is 16.5. The second-order valence-electron chi connectivity index (χ2n) is 6.72. The molecule has 0 aliphatic rings. The Balaban J connectivity index is 1.61. The molecule has 0 bridgehead atoms. The van der Waals surface area contributed by atoms with E-state index in [9.17, 15) is 9.59 Å². The second kappa shape index (κ2) is 9.55. The van der Waals surface area contributed by atoms with Crippen LogP contribution in [0, 0.1) is 0 Å². The fraction of sp³-hybridized carbons (Fsp3) is 0.167. The van der Waals surface area contributed by atoms with Crippen molar-refractivity contribution in [2.75, 3.05) is 7.11 Å². The van der Waals surface area contributed by atoms with Crippen molar-refractivity contribution in [3.63, 3.8) is 0 Å².